The van der Waals surface area contributed by atoms with E-state index < -0.39 is 9.84 Å². The van der Waals surface area contributed by atoms with Crippen molar-refractivity contribution in [1.82, 2.24) is 10.6 Å². The minimum absolute atomic E-state index is 0. The molecule has 0 bridgehead atoms. The third kappa shape index (κ3) is 8.05. The minimum atomic E-state index is -3.13. The van der Waals surface area contributed by atoms with Crippen molar-refractivity contribution < 1.29 is 13.2 Å². The van der Waals surface area contributed by atoms with Gasteiger partial charge in [0, 0.05) is 26.4 Å². The fraction of sp³-hybridized carbons (Fsp3) is 0.500. The maximum atomic E-state index is 11.5. The monoisotopic (exact) mass is 493 g/mol. The quantitative estimate of drug-likeness (QED) is 0.264. The summed E-state index contributed by atoms with van der Waals surface area (Å²) in [5, 5.41) is 6.59. The SMILES string of the molecule is CN=C(NCCC1=CCOCC1)NCCc1ccc(S(C)(=O)=O)cc1.I. The van der Waals surface area contributed by atoms with E-state index in [4.69, 9.17) is 4.74 Å². The van der Waals surface area contributed by atoms with Crippen LogP contribution in [0.3, 0.4) is 0 Å². The number of nitrogens with zero attached hydrogens (tertiary/aromatic N) is 1. The number of nitrogens with one attached hydrogen (secondary N) is 2. The lowest BCUT2D eigenvalue weighted by Gasteiger charge is -2.15. The van der Waals surface area contributed by atoms with Gasteiger partial charge in [-0.15, -0.1) is 24.0 Å². The Labute approximate surface area is 173 Å². The second-order valence-corrected chi connectivity index (χ2v) is 8.04. The number of aliphatic imine (C=N–C) groups is 1. The summed E-state index contributed by atoms with van der Waals surface area (Å²) < 4.78 is 28.2. The summed E-state index contributed by atoms with van der Waals surface area (Å²) in [7, 11) is -1.38. The molecule has 1 aromatic rings. The van der Waals surface area contributed by atoms with Crippen LogP contribution in [0.15, 0.2) is 45.8 Å². The molecule has 2 N–H and O–H groups in total. The topological polar surface area (TPSA) is 79.8 Å². The van der Waals surface area contributed by atoms with E-state index in [1.54, 1.807) is 19.2 Å². The predicted octanol–water partition coefficient (Wildman–Crippen LogP) is 2.15. The summed E-state index contributed by atoms with van der Waals surface area (Å²) >= 11 is 0. The van der Waals surface area contributed by atoms with Gasteiger partial charge in [0.1, 0.15) is 0 Å². The molecule has 1 heterocycles. The van der Waals surface area contributed by atoms with Crippen molar-refractivity contribution in [2.45, 2.75) is 24.2 Å². The van der Waals surface area contributed by atoms with Gasteiger partial charge in [0.15, 0.2) is 15.8 Å². The van der Waals surface area contributed by atoms with Gasteiger partial charge < -0.3 is 15.4 Å². The van der Waals surface area contributed by atoms with Gasteiger partial charge in [0.2, 0.25) is 0 Å². The number of hydrogen-bond donors (Lipinski definition) is 2. The largest absolute Gasteiger partial charge is 0.377 e. The summed E-state index contributed by atoms with van der Waals surface area (Å²) in [5.74, 6) is 0.778. The van der Waals surface area contributed by atoms with Crippen LogP contribution in [0.2, 0.25) is 0 Å². The molecule has 0 aliphatic carbocycles. The first-order valence-corrected chi connectivity index (χ1v) is 10.4. The first-order chi connectivity index (χ1) is 12.0. The van der Waals surface area contributed by atoms with E-state index in [9.17, 15) is 8.42 Å². The molecule has 0 aromatic heterocycles. The molecule has 0 amide bonds. The molecule has 6 nitrogen and oxygen atoms in total. The Morgan fingerprint density at radius 3 is 2.35 bits per heavy atom. The van der Waals surface area contributed by atoms with Crippen molar-refractivity contribution in [3.8, 4) is 0 Å². The van der Waals surface area contributed by atoms with Gasteiger partial charge in [0.05, 0.1) is 18.1 Å². The van der Waals surface area contributed by atoms with Crippen molar-refractivity contribution in [3.63, 3.8) is 0 Å². The van der Waals surface area contributed by atoms with Crippen LogP contribution < -0.4 is 10.6 Å². The molecule has 0 saturated carbocycles. The fourth-order valence-corrected chi connectivity index (χ4v) is 3.21. The smallest absolute Gasteiger partial charge is 0.190 e. The molecule has 0 spiro atoms. The molecule has 0 radical (unpaired) electrons. The summed E-state index contributed by atoms with van der Waals surface area (Å²) in [5.41, 5.74) is 2.52. The van der Waals surface area contributed by atoms with E-state index in [1.807, 2.05) is 12.1 Å². The molecular formula is C18H28IN3O3S. The highest BCUT2D eigenvalue weighted by atomic mass is 127. The molecule has 8 heteroatoms. The van der Waals surface area contributed by atoms with Gasteiger partial charge in [-0.3, -0.25) is 4.99 Å². The van der Waals surface area contributed by atoms with Gasteiger partial charge in [-0.05, 0) is 37.0 Å². The van der Waals surface area contributed by atoms with Crippen LogP contribution in [0.5, 0.6) is 0 Å². The van der Waals surface area contributed by atoms with E-state index in [-0.39, 0.29) is 24.0 Å². The van der Waals surface area contributed by atoms with Crippen molar-refractivity contribution in [1.29, 1.82) is 0 Å². The molecule has 2 rings (SSSR count). The Morgan fingerprint density at radius 2 is 1.81 bits per heavy atom. The Morgan fingerprint density at radius 1 is 1.15 bits per heavy atom. The normalized spacial score (nSPS) is 15.0. The zero-order valence-electron chi connectivity index (χ0n) is 15.3. The van der Waals surface area contributed by atoms with Crippen molar-refractivity contribution in [2.75, 3.05) is 39.6 Å². The molecule has 1 aliphatic rings. The maximum absolute atomic E-state index is 11.5. The molecule has 1 aromatic carbocycles. The van der Waals surface area contributed by atoms with E-state index in [0.29, 0.717) is 4.90 Å². The Bertz CT molecular complexity index is 716. The number of ether oxygens (including phenoxy) is 1. The molecule has 146 valence electrons. The highest BCUT2D eigenvalue weighted by molar-refractivity contribution is 14.0. The number of benzene rings is 1. The van der Waals surface area contributed by atoms with Gasteiger partial charge in [-0.1, -0.05) is 23.8 Å². The van der Waals surface area contributed by atoms with Gasteiger partial charge in [-0.2, -0.15) is 0 Å². The summed E-state index contributed by atoms with van der Waals surface area (Å²) in [6.07, 6.45) is 6.18. The second kappa shape index (κ2) is 11.6. The average Bonchev–Trinajstić information content (AvgIpc) is 2.61. The number of sulfone groups is 1. The van der Waals surface area contributed by atoms with Crippen molar-refractivity contribution in [3.05, 3.63) is 41.5 Å². The number of hydrogen-bond acceptors (Lipinski definition) is 4. The standard InChI is InChI=1S/C18H27N3O3S.HI/c1-19-18(21-12-8-16-9-13-24-14-10-16)20-11-7-15-3-5-17(6-4-15)25(2,22)23;/h3-6,9H,7-8,10-14H2,1-2H3,(H2,19,20,21);1H. The zero-order valence-corrected chi connectivity index (χ0v) is 18.5. The Hall–Kier alpha value is -1.13. The first-order valence-electron chi connectivity index (χ1n) is 8.48. The molecule has 0 atom stereocenters. The predicted molar refractivity (Wildman–Crippen MR) is 116 cm³/mol. The Balaban J connectivity index is 0.00000338. The van der Waals surface area contributed by atoms with Gasteiger partial charge in [0.25, 0.3) is 0 Å². The van der Waals surface area contributed by atoms with Crippen LogP contribution in [0.25, 0.3) is 0 Å². The van der Waals surface area contributed by atoms with Gasteiger partial charge >= 0.3 is 0 Å². The van der Waals surface area contributed by atoms with Crippen LogP contribution in [-0.2, 0) is 21.0 Å². The summed E-state index contributed by atoms with van der Waals surface area (Å²) in [6.45, 7) is 3.11. The molecule has 26 heavy (non-hydrogen) atoms. The third-order valence-electron chi connectivity index (χ3n) is 4.08. The van der Waals surface area contributed by atoms with Crippen LogP contribution in [0.4, 0.5) is 0 Å². The van der Waals surface area contributed by atoms with E-state index >= 15 is 0 Å². The Kier molecular flexibility index (Phi) is 10.2. The molecule has 1 aliphatic heterocycles. The molecular weight excluding hydrogens is 465 g/mol. The molecule has 0 fully saturated rings. The number of guanidine groups is 1. The first kappa shape index (κ1) is 22.9. The molecule has 0 unspecified atom stereocenters. The third-order valence-corrected chi connectivity index (χ3v) is 5.21. The van der Waals surface area contributed by atoms with E-state index in [1.165, 1.54) is 11.8 Å². The highest BCUT2D eigenvalue weighted by Gasteiger charge is 2.06. The van der Waals surface area contributed by atoms with E-state index in [0.717, 1.165) is 57.1 Å². The summed E-state index contributed by atoms with van der Waals surface area (Å²) in [4.78, 5) is 4.57. The lowest BCUT2D eigenvalue weighted by Crippen LogP contribution is -2.38. The number of rotatable bonds is 7. The average molecular weight is 493 g/mol. The van der Waals surface area contributed by atoms with Crippen LogP contribution >= 0.6 is 24.0 Å². The summed E-state index contributed by atoms with van der Waals surface area (Å²) in [6, 6.07) is 7.01. The lowest BCUT2D eigenvalue weighted by atomic mass is 10.1. The van der Waals surface area contributed by atoms with Crippen LogP contribution in [0.1, 0.15) is 18.4 Å². The zero-order chi connectivity index (χ0) is 18.1. The van der Waals surface area contributed by atoms with E-state index in [2.05, 4.69) is 21.7 Å². The number of halogens is 1. The highest BCUT2D eigenvalue weighted by Crippen LogP contribution is 2.11. The second-order valence-electron chi connectivity index (χ2n) is 6.03. The van der Waals surface area contributed by atoms with Crippen molar-refractivity contribution >= 4 is 39.8 Å². The fourth-order valence-electron chi connectivity index (χ4n) is 2.58. The van der Waals surface area contributed by atoms with Crippen LogP contribution in [0, 0.1) is 0 Å². The van der Waals surface area contributed by atoms with Crippen molar-refractivity contribution in [2.24, 2.45) is 4.99 Å². The van der Waals surface area contributed by atoms with Gasteiger partial charge in [-0.25, -0.2) is 8.42 Å². The minimum Gasteiger partial charge on any atom is -0.377 e. The maximum Gasteiger partial charge on any atom is 0.190 e. The molecule has 0 saturated heterocycles. The lowest BCUT2D eigenvalue weighted by molar-refractivity contribution is 0.153. The van der Waals surface area contributed by atoms with Crippen LogP contribution in [-0.4, -0.2) is 54.0 Å².